The number of aromatic amines is 1. The average molecular weight is 1200 g/mol. The number of aryl methyl sites for hydroxylation is 1. The number of aliphatic hydroxyl groups excluding tert-OH is 2. The summed E-state index contributed by atoms with van der Waals surface area (Å²) < 4.78 is 13.6. The van der Waals surface area contributed by atoms with Gasteiger partial charge in [0.1, 0.15) is 27.2 Å². The Labute approximate surface area is 559 Å². The van der Waals surface area contributed by atoms with Crippen LogP contribution in [0.25, 0.3) is 67.3 Å². The first-order chi connectivity index (χ1) is 32.4. The van der Waals surface area contributed by atoms with Crippen molar-refractivity contribution in [3.05, 3.63) is 142 Å². The second-order valence-corrected chi connectivity index (χ2v) is 18.6. The number of halogens is 3. The van der Waals surface area contributed by atoms with Crippen LogP contribution < -0.4 is 29.6 Å². The molecule has 0 aliphatic heterocycles. The number of fused-ring (bicyclic) bond motifs is 3. The monoisotopic (exact) mass is 1200 g/mol. The van der Waals surface area contributed by atoms with Crippen molar-refractivity contribution in [2.45, 2.75) is 85.6 Å². The third-order valence-corrected chi connectivity index (χ3v) is 11.0. The molecule has 9 aromatic rings. The first-order valence-electron chi connectivity index (χ1n) is 21.3. The van der Waals surface area contributed by atoms with E-state index < -0.39 is 23.4 Å². The fraction of sp³-hybridized carbons (Fsp3) is 0.255. The van der Waals surface area contributed by atoms with Gasteiger partial charge < -0.3 is 30.1 Å². The molecule has 0 bridgehead atoms. The number of ether oxygens (including phenoxy) is 2. The van der Waals surface area contributed by atoms with Gasteiger partial charge in [-0.25, -0.2) is 48.6 Å². The molecular weight excluding hydrogens is 1140 g/mol. The summed E-state index contributed by atoms with van der Waals surface area (Å²) in [6.07, 6.45) is -1.12. The van der Waals surface area contributed by atoms with E-state index in [-0.39, 0.29) is 174 Å². The summed E-state index contributed by atoms with van der Waals surface area (Å²) in [5.41, 5.74) is 5.50. The molecule has 0 aliphatic carbocycles. The Morgan fingerprint density at radius 3 is 1.34 bits per heavy atom. The molecule has 4 N–H and O–H groups in total. The fourth-order valence-corrected chi connectivity index (χ4v) is 7.72. The average Bonchev–Trinajstić information content (AvgIpc) is 4.03. The number of carbonyl (C=O) groups is 2. The summed E-state index contributed by atoms with van der Waals surface area (Å²) in [7, 11) is 0. The van der Waals surface area contributed by atoms with Gasteiger partial charge in [-0.1, -0.05) is 138 Å². The normalized spacial score (nSPS) is 10.6. The third-order valence-electron chi connectivity index (χ3n) is 9.83. The molecule has 0 spiro atoms. The number of nitrogens with zero attached hydrogens (tertiary/aromatic N) is 8. The number of H-pyrrole nitrogens is 1. The van der Waals surface area contributed by atoms with Gasteiger partial charge in [0.25, 0.3) is 0 Å². The summed E-state index contributed by atoms with van der Waals surface area (Å²) in [6.45, 7) is 12.4. The summed E-state index contributed by atoms with van der Waals surface area (Å²) in [5, 5.41) is 21.8. The molecule has 0 unspecified atom stereocenters. The van der Waals surface area contributed by atoms with E-state index in [1.54, 1.807) is 32.9 Å². The molecule has 0 aliphatic rings. The molecule has 0 fully saturated rings. The number of hydrogen-bond donors (Lipinski definition) is 3. The van der Waals surface area contributed by atoms with Gasteiger partial charge >= 0.3 is 41.7 Å². The van der Waals surface area contributed by atoms with Gasteiger partial charge in [-0.05, 0) is 66.7 Å². The van der Waals surface area contributed by atoms with Crippen molar-refractivity contribution in [2.75, 3.05) is 0 Å². The van der Waals surface area contributed by atoms with E-state index >= 15 is 0 Å². The zero-order chi connectivity index (χ0) is 48.9. The Morgan fingerprint density at radius 2 is 0.973 bits per heavy atom. The van der Waals surface area contributed by atoms with Crippen LogP contribution in [0, 0.1) is 120 Å². The maximum atomic E-state index is 12.7. The van der Waals surface area contributed by atoms with Crippen molar-refractivity contribution < 1.29 is 178 Å². The van der Waals surface area contributed by atoms with Gasteiger partial charge in [-0.15, -0.1) is 0 Å². The summed E-state index contributed by atoms with van der Waals surface area (Å²) in [5.74, 6) is 1.56. The van der Waals surface area contributed by atoms with E-state index in [1.165, 1.54) is 9.13 Å². The van der Waals surface area contributed by atoms with E-state index in [0.29, 0.717) is 61.4 Å². The van der Waals surface area contributed by atoms with Gasteiger partial charge in [-0.2, -0.15) is 0 Å². The molecule has 3 aromatic carbocycles. The Kier molecular flexibility index (Phi) is 29.5. The zero-order valence-corrected chi connectivity index (χ0v) is 48.0. The number of nitrogens with one attached hydrogen (secondary N) is 1. The van der Waals surface area contributed by atoms with E-state index in [9.17, 15) is 14.7 Å². The SMILES string of the molecule is C.CC(C)(C)OC(=O)n1c(CBr)cc2c(Cl)nc(-c3ccccc3)nc21.CC(C)(C)OC(=O)n1c(CO)cc2c(Cl)nc(-c3ccccc3)nc21.Cc1nc(-c2ccccc2)nc2[nH]c(CO)cc12.[Ar].[Ar].[Ar].[Na+].[OH-]. The van der Waals surface area contributed by atoms with Crippen LogP contribution in [-0.4, -0.2) is 83.1 Å². The van der Waals surface area contributed by atoms with E-state index in [4.69, 9.17) is 37.8 Å². The molecule has 0 saturated carbocycles. The van der Waals surface area contributed by atoms with Crippen LogP contribution in [-0.2, 0) is 28.0 Å². The van der Waals surface area contributed by atoms with Crippen molar-refractivity contribution in [1.82, 2.24) is 44.0 Å². The largest absolute Gasteiger partial charge is 1.00 e. The third kappa shape index (κ3) is 17.6. The number of aromatic nitrogens is 9. The molecule has 0 atom stereocenters. The van der Waals surface area contributed by atoms with Gasteiger partial charge in [0.05, 0.1) is 35.4 Å². The van der Waals surface area contributed by atoms with Crippen LogP contribution in [0.15, 0.2) is 109 Å². The second kappa shape index (κ2) is 31.1. The number of hydrogen-bond acceptors (Lipinski definition) is 13. The predicted octanol–water partition coefficient (Wildman–Crippen LogP) is 9.35. The van der Waals surface area contributed by atoms with Gasteiger partial charge in [0.2, 0.25) is 0 Å². The maximum Gasteiger partial charge on any atom is 1.00 e. The smallest absolute Gasteiger partial charge is 0.870 e. The van der Waals surface area contributed by atoms with Crippen molar-refractivity contribution in [2.24, 2.45) is 0 Å². The van der Waals surface area contributed by atoms with Crippen molar-refractivity contribution in [3.63, 3.8) is 0 Å². The summed E-state index contributed by atoms with van der Waals surface area (Å²) in [4.78, 5) is 55.1. The summed E-state index contributed by atoms with van der Waals surface area (Å²) in [6, 6.07) is 33.9. The minimum absolute atomic E-state index is 0. The molecule has 74 heavy (non-hydrogen) atoms. The van der Waals surface area contributed by atoms with Crippen molar-refractivity contribution >= 4 is 84.4 Å². The molecule has 6 heterocycles. The molecular formula is C51H53Ar3BrCl2N9NaO7. The quantitative estimate of drug-likeness (QED) is 0.0802. The number of alkyl halides is 1. The number of rotatable bonds is 6. The van der Waals surface area contributed by atoms with Crippen LogP contribution in [0.3, 0.4) is 0 Å². The van der Waals surface area contributed by atoms with Crippen LogP contribution in [0.2, 0.25) is 10.3 Å². The van der Waals surface area contributed by atoms with Crippen LogP contribution in [0.4, 0.5) is 9.59 Å². The molecule has 390 valence electrons. The van der Waals surface area contributed by atoms with Gasteiger partial charge in [0, 0.05) is 152 Å². The zero-order valence-electron chi connectivity index (χ0n) is 40.8. The number of aliphatic hydroxyl groups is 2. The number of carbonyl (C=O) groups excluding carboxylic acids is 2. The molecule has 16 nitrogen and oxygen atoms in total. The maximum absolute atomic E-state index is 12.7. The Morgan fingerprint density at radius 1 is 0.595 bits per heavy atom. The number of benzene rings is 3. The molecule has 9 rings (SSSR count). The molecule has 0 saturated heterocycles. The van der Waals surface area contributed by atoms with E-state index in [0.717, 1.165) is 39.1 Å². The van der Waals surface area contributed by atoms with Crippen LogP contribution >= 0.6 is 39.1 Å². The molecule has 6 aromatic heterocycles. The first-order valence-corrected chi connectivity index (χ1v) is 23.2. The minimum atomic E-state index is -0.681. The topological polar surface area (TPSA) is 226 Å². The first kappa shape index (κ1) is 70.2. The Bertz CT molecular complexity index is 3110. The Balaban J connectivity index is 0.000000540. The fourth-order valence-electron chi connectivity index (χ4n) is 6.87. The molecule has 0 radical (unpaired) electrons. The predicted molar refractivity (Wildman–Crippen MR) is 276 cm³/mol. The van der Waals surface area contributed by atoms with Gasteiger partial charge in [0.15, 0.2) is 28.8 Å². The minimum Gasteiger partial charge on any atom is -0.870 e. The van der Waals surface area contributed by atoms with Crippen molar-refractivity contribution in [1.29, 1.82) is 0 Å². The Hall–Kier alpha value is -1.82. The van der Waals surface area contributed by atoms with Crippen LogP contribution in [0.5, 0.6) is 0 Å². The van der Waals surface area contributed by atoms with Crippen molar-refractivity contribution in [3.8, 4) is 34.2 Å². The van der Waals surface area contributed by atoms with E-state index in [2.05, 4.69) is 50.8 Å². The second-order valence-electron chi connectivity index (χ2n) is 17.3. The van der Waals surface area contributed by atoms with Crippen LogP contribution in [0.1, 0.15) is 71.7 Å². The molecule has 0 amide bonds. The van der Waals surface area contributed by atoms with E-state index in [1.807, 2.05) is 125 Å². The molecule has 23 heteroatoms. The van der Waals surface area contributed by atoms with Gasteiger partial charge in [-0.3, -0.25) is 0 Å². The summed E-state index contributed by atoms with van der Waals surface area (Å²) >= 11 is 16.1. The standard InChI is InChI=1S/C18H17BrClN3O2.C18H18ClN3O3.C14H13N3O.CH4.3Ar.Na.H2O/c1-18(2,3)25-17(24)23-12(10-19)9-13-14(20)21-15(22-16(13)23)11-7-5-4-6-8-11;1-18(2,3)25-17(24)22-12(10-23)9-13-14(19)20-15(21-16(13)22)11-7-5-4-6-8-11;1-9-12-7-11(8-18)16-14(12)17-13(15-9)10-5-3-2-4-6-10;;;;;;/h4-9H,10H2,1-3H3;4-9,23H,10H2,1-3H3;2-7,18H,8H2,1H3,(H,15,16,17);1H4;;;;;1H2/q;;;;;;;+1;/p-1.